The zero-order chi connectivity index (χ0) is 10.7. The number of hydrogen-bond acceptors (Lipinski definition) is 5. The van der Waals surface area contributed by atoms with E-state index in [-0.39, 0.29) is 0 Å². The second-order valence-corrected chi connectivity index (χ2v) is 4.08. The van der Waals surface area contributed by atoms with Crippen LogP contribution in [-0.2, 0) is 12.8 Å². The summed E-state index contributed by atoms with van der Waals surface area (Å²) < 4.78 is 1.89. The van der Waals surface area contributed by atoms with Crippen LogP contribution in [0.15, 0.2) is 29.7 Å². The van der Waals surface area contributed by atoms with E-state index in [1.165, 1.54) is 0 Å². The number of aryl methyl sites for hydroxylation is 1. The van der Waals surface area contributed by atoms with E-state index < -0.39 is 0 Å². The highest BCUT2D eigenvalue weighted by Crippen LogP contribution is 2.25. The molecule has 0 aliphatic rings. The molecule has 2 N–H and O–H groups in total. The van der Waals surface area contributed by atoms with Crippen molar-refractivity contribution < 1.29 is 0 Å². The van der Waals surface area contributed by atoms with Gasteiger partial charge in [0.05, 0.1) is 17.6 Å². The minimum absolute atomic E-state index is 0.699. The van der Waals surface area contributed by atoms with Crippen LogP contribution in [0.4, 0.5) is 5.69 Å². The first-order valence-electron chi connectivity index (χ1n) is 4.42. The molecular formula is C9H11N5S. The molecule has 0 amide bonds. The maximum atomic E-state index is 5.77. The summed E-state index contributed by atoms with van der Waals surface area (Å²) in [4.78, 5) is 4.96. The van der Waals surface area contributed by atoms with Crippen molar-refractivity contribution in [3.8, 4) is 0 Å². The molecule has 2 rings (SSSR count). The number of nitrogen functional groups attached to an aromatic ring is 1. The predicted octanol–water partition coefficient (Wildman–Crippen LogP) is 1.08. The van der Waals surface area contributed by atoms with Gasteiger partial charge in [0, 0.05) is 18.1 Å². The molecule has 0 aliphatic carbocycles. The summed E-state index contributed by atoms with van der Waals surface area (Å²) in [6.07, 6.45) is 5.07. The van der Waals surface area contributed by atoms with Crippen molar-refractivity contribution in [2.75, 3.05) is 5.73 Å². The lowest BCUT2D eigenvalue weighted by molar-refractivity contribution is 0.849. The highest BCUT2D eigenvalue weighted by atomic mass is 32.2. The van der Waals surface area contributed by atoms with E-state index in [2.05, 4.69) is 15.2 Å². The molecule has 0 radical (unpaired) electrons. The van der Waals surface area contributed by atoms with Crippen LogP contribution in [0.5, 0.6) is 0 Å². The smallest absolute Gasteiger partial charge is 0.142 e. The van der Waals surface area contributed by atoms with E-state index in [1.807, 2.05) is 17.7 Å². The van der Waals surface area contributed by atoms with Gasteiger partial charge in [-0.2, -0.15) is 0 Å². The third-order valence-electron chi connectivity index (χ3n) is 1.97. The maximum absolute atomic E-state index is 5.77. The number of nitrogens with zero attached hydrogens (tertiary/aromatic N) is 4. The van der Waals surface area contributed by atoms with Gasteiger partial charge in [-0.3, -0.25) is 4.98 Å². The van der Waals surface area contributed by atoms with E-state index >= 15 is 0 Å². The lowest BCUT2D eigenvalue weighted by atomic mass is 10.4. The average molecular weight is 221 g/mol. The highest BCUT2D eigenvalue weighted by molar-refractivity contribution is 7.98. The minimum Gasteiger partial charge on any atom is -0.397 e. The van der Waals surface area contributed by atoms with Crippen LogP contribution in [0.2, 0.25) is 0 Å². The first-order valence-corrected chi connectivity index (χ1v) is 5.41. The summed E-state index contributed by atoms with van der Waals surface area (Å²) >= 11 is 1.63. The van der Waals surface area contributed by atoms with Gasteiger partial charge in [0.25, 0.3) is 0 Å². The maximum Gasteiger partial charge on any atom is 0.142 e. The van der Waals surface area contributed by atoms with E-state index in [1.54, 1.807) is 30.5 Å². The first kappa shape index (κ1) is 9.97. The van der Waals surface area contributed by atoms with Crippen LogP contribution in [0, 0.1) is 0 Å². The Labute approximate surface area is 91.7 Å². The van der Waals surface area contributed by atoms with E-state index in [4.69, 9.17) is 5.73 Å². The first-order chi connectivity index (χ1) is 7.27. The fraction of sp³-hybridized carbons (Fsp3) is 0.222. The lowest BCUT2D eigenvalue weighted by Gasteiger charge is -2.03. The predicted molar refractivity (Wildman–Crippen MR) is 59.2 cm³/mol. The molecule has 2 heterocycles. The number of pyridine rings is 1. The quantitative estimate of drug-likeness (QED) is 0.785. The van der Waals surface area contributed by atoms with Crippen molar-refractivity contribution in [3.05, 3.63) is 30.6 Å². The Balaban J connectivity index is 2.06. The van der Waals surface area contributed by atoms with Crippen LogP contribution in [0.1, 0.15) is 5.82 Å². The molecule has 6 heteroatoms. The van der Waals surface area contributed by atoms with Crippen molar-refractivity contribution in [1.82, 2.24) is 19.7 Å². The zero-order valence-corrected chi connectivity index (χ0v) is 9.11. The lowest BCUT2D eigenvalue weighted by Crippen LogP contribution is -1.95. The molecular weight excluding hydrogens is 210 g/mol. The standard InChI is InChI=1S/C9H11N5S/c1-14-6-12-13-9(14)5-15-8-2-3-11-4-7(8)10/h2-4,6H,5,10H2,1H3. The molecule has 15 heavy (non-hydrogen) atoms. The van der Waals surface area contributed by atoms with E-state index in [9.17, 15) is 0 Å². The Morgan fingerprint density at radius 2 is 2.40 bits per heavy atom. The highest BCUT2D eigenvalue weighted by Gasteiger charge is 2.03. The molecule has 0 saturated heterocycles. The average Bonchev–Trinajstić information content (AvgIpc) is 2.63. The van der Waals surface area contributed by atoms with Gasteiger partial charge in [0.1, 0.15) is 12.2 Å². The van der Waals surface area contributed by atoms with Gasteiger partial charge in [0.2, 0.25) is 0 Å². The second-order valence-electron chi connectivity index (χ2n) is 3.06. The molecule has 0 atom stereocenters. The Hall–Kier alpha value is -1.56. The molecule has 0 aromatic carbocycles. The summed E-state index contributed by atoms with van der Waals surface area (Å²) in [5, 5.41) is 7.81. The molecule has 0 bridgehead atoms. The fourth-order valence-electron chi connectivity index (χ4n) is 1.11. The normalized spacial score (nSPS) is 10.5. The summed E-state index contributed by atoms with van der Waals surface area (Å²) in [5.74, 6) is 1.68. The van der Waals surface area contributed by atoms with Gasteiger partial charge in [-0.05, 0) is 6.07 Å². The van der Waals surface area contributed by atoms with Gasteiger partial charge < -0.3 is 10.3 Å². The van der Waals surface area contributed by atoms with Gasteiger partial charge in [-0.15, -0.1) is 22.0 Å². The third kappa shape index (κ3) is 2.27. The van der Waals surface area contributed by atoms with Gasteiger partial charge in [0.15, 0.2) is 0 Å². The number of rotatable bonds is 3. The van der Waals surface area contributed by atoms with Gasteiger partial charge in [-0.25, -0.2) is 0 Å². The second kappa shape index (κ2) is 4.31. The van der Waals surface area contributed by atoms with Crippen molar-refractivity contribution >= 4 is 17.4 Å². The van der Waals surface area contributed by atoms with Crippen molar-refractivity contribution in [1.29, 1.82) is 0 Å². The minimum atomic E-state index is 0.699. The topological polar surface area (TPSA) is 69.6 Å². The Morgan fingerprint density at radius 3 is 3.07 bits per heavy atom. The van der Waals surface area contributed by atoms with E-state index in [0.29, 0.717) is 5.69 Å². The summed E-state index contributed by atoms with van der Waals surface area (Å²) in [7, 11) is 1.92. The molecule has 2 aromatic heterocycles. The van der Waals surface area contributed by atoms with Crippen LogP contribution in [0.3, 0.4) is 0 Å². The molecule has 0 spiro atoms. The number of thioether (sulfide) groups is 1. The molecule has 0 fully saturated rings. The SMILES string of the molecule is Cn1cnnc1CSc1ccncc1N. The van der Waals surface area contributed by atoms with Crippen LogP contribution >= 0.6 is 11.8 Å². The number of nitrogens with two attached hydrogens (primary N) is 1. The number of hydrogen-bond donors (Lipinski definition) is 1. The van der Waals surface area contributed by atoms with Gasteiger partial charge >= 0.3 is 0 Å². The van der Waals surface area contributed by atoms with Crippen molar-refractivity contribution in [2.45, 2.75) is 10.6 Å². The third-order valence-corrected chi connectivity index (χ3v) is 3.06. The van der Waals surface area contributed by atoms with Crippen LogP contribution < -0.4 is 5.73 Å². The van der Waals surface area contributed by atoms with Crippen molar-refractivity contribution in [3.63, 3.8) is 0 Å². The molecule has 5 nitrogen and oxygen atoms in total. The Morgan fingerprint density at radius 1 is 1.53 bits per heavy atom. The molecule has 0 aliphatic heterocycles. The summed E-state index contributed by atoms with van der Waals surface area (Å²) in [5.41, 5.74) is 6.47. The Bertz CT molecular complexity index is 453. The molecule has 0 saturated carbocycles. The van der Waals surface area contributed by atoms with E-state index in [0.717, 1.165) is 16.5 Å². The molecule has 0 unspecified atom stereocenters. The summed E-state index contributed by atoms with van der Waals surface area (Å²) in [6, 6.07) is 1.90. The monoisotopic (exact) mass is 221 g/mol. The summed E-state index contributed by atoms with van der Waals surface area (Å²) in [6.45, 7) is 0. The Kier molecular flexibility index (Phi) is 2.86. The largest absolute Gasteiger partial charge is 0.397 e. The number of aromatic nitrogens is 4. The molecule has 78 valence electrons. The number of anilines is 1. The van der Waals surface area contributed by atoms with Crippen LogP contribution in [-0.4, -0.2) is 19.7 Å². The molecule has 2 aromatic rings. The van der Waals surface area contributed by atoms with Gasteiger partial charge in [-0.1, -0.05) is 0 Å². The van der Waals surface area contributed by atoms with Crippen LogP contribution in [0.25, 0.3) is 0 Å². The fourth-order valence-corrected chi connectivity index (χ4v) is 2.03. The zero-order valence-electron chi connectivity index (χ0n) is 8.29. The van der Waals surface area contributed by atoms with Crippen molar-refractivity contribution in [2.24, 2.45) is 7.05 Å².